The third-order valence-electron chi connectivity index (χ3n) is 5.39. The molecule has 7 nitrogen and oxygen atoms in total. The number of carboxylic acid groups (broad SMARTS) is 1. The maximum Gasteiger partial charge on any atom is 0.490 e. The van der Waals surface area contributed by atoms with E-state index < -0.39 is 12.1 Å². The number of rotatable bonds is 5. The van der Waals surface area contributed by atoms with Crippen molar-refractivity contribution in [3.63, 3.8) is 0 Å². The van der Waals surface area contributed by atoms with Crippen LogP contribution in [-0.2, 0) is 11.3 Å². The molecular formula is C24H25F3N2O5. The minimum atomic E-state index is -5.08. The van der Waals surface area contributed by atoms with Crippen LogP contribution >= 0.6 is 0 Å². The highest BCUT2D eigenvalue weighted by Crippen LogP contribution is 2.28. The van der Waals surface area contributed by atoms with Gasteiger partial charge in [0, 0.05) is 37.1 Å². The van der Waals surface area contributed by atoms with E-state index >= 15 is 0 Å². The minimum Gasteiger partial charge on any atom is -0.497 e. The fourth-order valence-electron chi connectivity index (χ4n) is 3.69. The Bertz CT molecular complexity index is 1160. The third-order valence-corrected chi connectivity index (χ3v) is 5.39. The van der Waals surface area contributed by atoms with Gasteiger partial charge in [-0.2, -0.15) is 13.2 Å². The topological polar surface area (TPSA) is 92.0 Å². The zero-order chi connectivity index (χ0) is 24.7. The highest BCUT2D eigenvalue weighted by atomic mass is 19.4. The molecule has 1 aliphatic rings. The molecule has 4 rings (SSSR count). The lowest BCUT2D eigenvalue weighted by Crippen LogP contribution is -2.38. The van der Waals surface area contributed by atoms with Crippen molar-refractivity contribution in [1.29, 1.82) is 0 Å². The Morgan fingerprint density at radius 3 is 2.38 bits per heavy atom. The van der Waals surface area contributed by atoms with E-state index in [4.69, 9.17) is 19.1 Å². The number of fused-ring (bicyclic) bond motifs is 1. The van der Waals surface area contributed by atoms with E-state index in [-0.39, 0.29) is 5.63 Å². The van der Waals surface area contributed by atoms with Crippen molar-refractivity contribution >= 4 is 22.6 Å². The molecular weight excluding hydrogens is 453 g/mol. The summed E-state index contributed by atoms with van der Waals surface area (Å²) < 4.78 is 42.4. The van der Waals surface area contributed by atoms with Gasteiger partial charge < -0.3 is 19.6 Å². The number of nitrogens with one attached hydrogen (secondary N) is 1. The molecule has 182 valence electrons. The van der Waals surface area contributed by atoms with Gasteiger partial charge in [0.25, 0.3) is 0 Å². The number of hydrogen-bond acceptors (Lipinski definition) is 6. The fraction of sp³-hybridized carbons (Fsp3) is 0.333. The number of alkyl halides is 3. The van der Waals surface area contributed by atoms with E-state index in [9.17, 15) is 18.0 Å². The van der Waals surface area contributed by atoms with Gasteiger partial charge in [0.2, 0.25) is 0 Å². The lowest BCUT2D eigenvalue weighted by atomic mass is 10.0. The average molecular weight is 478 g/mol. The molecule has 0 amide bonds. The van der Waals surface area contributed by atoms with E-state index in [1.807, 2.05) is 6.07 Å². The zero-order valence-corrected chi connectivity index (χ0v) is 18.5. The maximum atomic E-state index is 11.9. The van der Waals surface area contributed by atoms with E-state index in [1.165, 1.54) is 11.6 Å². The fourth-order valence-corrected chi connectivity index (χ4v) is 3.69. The van der Waals surface area contributed by atoms with Crippen molar-refractivity contribution in [2.24, 2.45) is 0 Å². The third kappa shape index (κ3) is 6.98. The number of ether oxygens (including phenoxy) is 1. The van der Waals surface area contributed by atoms with E-state index in [1.54, 1.807) is 19.2 Å². The molecule has 3 aromatic rings. The Kier molecular flexibility index (Phi) is 8.17. The Morgan fingerprint density at radius 1 is 1.15 bits per heavy atom. The maximum absolute atomic E-state index is 11.9. The molecule has 1 aromatic heterocycles. The van der Waals surface area contributed by atoms with Gasteiger partial charge in [0.15, 0.2) is 0 Å². The van der Waals surface area contributed by atoms with Gasteiger partial charge >= 0.3 is 17.8 Å². The number of carboxylic acids is 1. The summed E-state index contributed by atoms with van der Waals surface area (Å²) in [4.78, 5) is 23.3. The number of halogens is 3. The van der Waals surface area contributed by atoms with Gasteiger partial charge in [-0.05, 0) is 36.6 Å². The Balaban J connectivity index is 0.000000406. The summed E-state index contributed by atoms with van der Waals surface area (Å²) in [5.74, 6) is -2.01. The average Bonchev–Trinajstić information content (AvgIpc) is 2.80. The molecule has 10 heteroatoms. The van der Waals surface area contributed by atoms with Gasteiger partial charge in [0.05, 0.1) is 12.8 Å². The first-order valence-corrected chi connectivity index (χ1v) is 10.6. The summed E-state index contributed by atoms with van der Waals surface area (Å²) in [6, 6.07) is 17.9. The molecule has 0 aliphatic carbocycles. The molecule has 1 fully saturated rings. The van der Waals surface area contributed by atoms with Gasteiger partial charge in [-0.3, -0.25) is 4.90 Å². The number of anilines is 1. The molecule has 1 saturated heterocycles. The monoisotopic (exact) mass is 478 g/mol. The van der Waals surface area contributed by atoms with Crippen LogP contribution in [0, 0.1) is 0 Å². The molecule has 0 bridgehead atoms. The van der Waals surface area contributed by atoms with Gasteiger partial charge in [-0.1, -0.05) is 30.3 Å². The van der Waals surface area contributed by atoms with Crippen LogP contribution in [0.4, 0.5) is 18.9 Å². The normalized spacial score (nSPS) is 14.8. The van der Waals surface area contributed by atoms with Crippen molar-refractivity contribution in [3.8, 4) is 5.75 Å². The standard InChI is InChI=1S/C22H24N2O3.C2HF3O2/c1-26-18-7-8-21-19(13-18)20(14-22(25)27-21)23-17-9-11-24(12-10-17)15-16-5-3-2-4-6-16;3-2(4,5)1(6)7/h2-8,13-14,17,23H,9-12,15H2,1H3;(H,6,7). The van der Waals surface area contributed by atoms with E-state index in [0.717, 1.165) is 49.3 Å². The second kappa shape index (κ2) is 11.1. The number of carbonyl (C=O) groups is 1. The van der Waals surface area contributed by atoms with Gasteiger partial charge in [0.1, 0.15) is 11.3 Å². The molecule has 0 saturated carbocycles. The number of methoxy groups -OCH3 is 1. The van der Waals surface area contributed by atoms with Crippen LogP contribution in [0.25, 0.3) is 11.0 Å². The Labute approximate surface area is 193 Å². The summed E-state index contributed by atoms with van der Waals surface area (Å²) in [5.41, 5.74) is 2.41. The first-order valence-electron chi connectivity index (χ1n) is 10.6. The predicted molar refractivity (Wildman–Crippen MR) is 121 cm³/mol. The summed E-state index contributed by atoms with van der Waals surface area (Å²) in [6.07, 6.45) is -3.00. The second-order valence-corrected chi connectivity index (χ2v) is 7.82. The predicted octanol–water partition coefficient (Wildman–Crippen LogP) is 4.51. The van der Waals surface area contributed by atoms with E-state index in [2.05, 4.69) is 40.5 Å². The van der Waals surface area contributed by atoms with E-state index in [0.29, 0.717) is 11.6 Å². The summed E-state index contributed by atoms with van der Waals surface area (Å²) >= 11 is 0. The van der Waals surface area contributed by atoms with Crippen molar-refractivity contribution in [2.75, 3.05) is 25.5 Å². The smallest absolute Gasteiger partial charge is 0.490 e. The summed E-state index contributed by atoms with van der Waals surface area (Å²) in [5, 5.41) is 11.6. The van der Waals surface area contributed by atoms with Crippen LogP contribution in [-0.4, -0.2) is 48.4 Å². The first-order chi connectivity index (χ1) is 16.2. The van der Waals surface area contributed by atoms with Crippen molar-refractivity contribution in [2.45, 2.75) is 31.6 Å². The minimum absolute atomic E-state index is 0.336. The van der Waals surface area contributed by atoms with Gasteiger partial charge in [-0.25, -0.2) is 9.59 Å². The molecule has 1 aliphatic heterocycles. The molecule has 0 atom stereocenters. The highest BCUT2D eigenvalue weighted by molar-refractivity contribution is 5.90. The molecule has 34 heavy (non-hydrogen) atoms. The number of aliphatic carboxylic acids is 1. The van der Waals surface area contributed by atoms with Crippen LogP contribution in [0.3, 0.4) is 0 Å². The number of likely N-dealkylation sites (tertiary alicyclic amines) is 1. The lowest BCUT2D eigenvalue weighted by Gasteiger charge is -2.33. The molecule has 0 radical (unpaired) electrons. The lowest BCUT2D eigenvalue weighted by molar-refractivity contribution is -0.192. The molecule has 0 unspecified atom stereocenters. The number of piperidine rings is 1. The molecule has 2 aromatic carbocycles. The van der Waals surface area contributed by atoms with Crippen LogP contribution < -0.4 is 15.7 Å². The molecule has 2 N–H and O–H groups in total. The second-order valence-electron chi connectivity index (χ2n) is 7.82. The highest BCUT2D eigenvalue weighted by Gasteiger charge is 2.38. The largest absolute Gasteiger partial charge is 0.497 e. The quantitative estimate of drug-likeness (QED) is 0.522. The molecule has 0 spiro atoms. The van der Waals surface area contributed by atoms with Crippen LogP contribution in [0.15, 0.2) is 63.8 Å². The number of nitrogens with zero attached hydrogens (tertiary/aromatic N) is 1. The SMILES string of the molecule is COc1ccc2oc(=O)cc(NC3CCN(Cc4ccccc4)CC3)c2c1.O=C(O)C(F)(F)F. The number of benzene rings is 2. The first kappa shape index (κ1) is 25.1. The van der Waals surface area contributed by atoms with Crippen molar-refractivity contribution < 1.29 is 32.2 Å². The summed E-state index contributed by atoms with van der Waals surface area (Å²) in [6.45, 7) is 3.06. The zero-order valence-electron chi connectivity index (χ0n) is 18.5. The van der Waals surface area contributed by atoms with Gasteiger partial charge in [-0.15, -0.1) is 0 Å². The van der Waals surface area contributed by atoms with Crippen molar-refractivity contribution in [1.82, 2.24) is 4.90 Å². The van der Waals surface area contributed by atoms with Crippen LogP contribution in [0.1, 0.15) is 18.4 Å². The molecule has 2 heterocycles. The van der Waals surface area contributed by atoms with Crippen LogP contribution in [0.2, 0.25) is 0 Å². The summed E-state index contributed by atoms with van der Waals surface area (Å²) in [7, 11) is 1.63. The number of hydrogen-bond donors (Lipinski definition) is 2. The Hall–Kier alpha value is -3.53. The Morgan fingerprint density at radius 2 is 1.79 bits per heavy atom. The van der Waals surface area contributed by atoms with Crippen LogP contribution in [0.5, 0.6) is 5.75 Å². The van der Waals surface area contributed by atoms with Crippen molar-refractivity contribution in [3.05, 3.63) is 70.6 Å².